The summed E-state index contributed by atoms with van der Waals surface area (Å²) < 4.78 is 0. The Bertz CT molecular complexity index is 184. The van der Waals surface area contributed by atoms with Crippen LogP contribution in [0.4, 0.5) is 0 Å². The molecular weight excluding hydrogens is 202 g/mol. The summed E-state index contributed by atoms with van der Waals surface area (Å²) in [7, 11) is 0. The number of rotatable bonds is 7. The van der Waals surface area contributed by atoms with Gasteiger partial charge in [0.1, 0.15) is 0 Å². The maximum Gasteiger partial charge on any atom is 0.0580 e. The molecule has 16 heavy (non-hydrogen) atoms. The Morgan fingerprint density at radius 1 is 1.25 bits per heavy atom. The van der Waals surface area contributed by atoms with Gasteiger partial charge < -0.3 is 15.5 Å². The van der Waals surface area contributed by atoms with Gasteiger partial charge in [-0.1, -0.05) is 20.3 Å². The topological polar surface area (TPSA) is 52.5 Å². The van der Waals surface area contributed by atoms with Crippen molar-refractivity contribution in [3.8, 4) is 0 Å². The molecule has 0 aromatic heterocycles. The van der Waals surface area contributed by atoms with Crippen molar-refractivity contribution in [1.29, 1.82) is 0 Å². The number of hydrogen-bond donors (Lipinski definition) is 3. The van der Waals surface area contributed by atoms with Gasteiger partial charge in [-0.25, -0.2) is 0 Å². The monoisotopic (exact) mass is 229 g/mol. The van der Waals surface area contributed by atoms with Crippen LogP contribution >= 0.6 is 0 Å². The second-order valence-corrected chi connectivity index (χ2v) is 5.25. The van der Waals surface area contributed by atoms with Crippen LogP contribution < -0.4 is 5.32 Å². The van der Waals surface area contributed by atoms with E-state index in [1.54, 1.807) is 0 Å². The molecule has 0 aliphatic heterocycles. The second-order valence-electron chi connectivity index (χ2n) is 5.25. The van der Waals surface area contributed by atoms with E-state index in [4.69, 9.17) is 0 Å². The van der Waals surface area contributed by atoms with E-state index in [2.05, 4.69) is 19.2 Å². The lowest BCUT2D eigenvalue weighted by Gasteiger charge is -2.30. The highest BCUT2D eigenvalue weighted by atomic mass is 16.3. The zero-order valence-electron chi connectivity index (χ0n) is 10.7. The van der Waals surface area contributed by atoms with Crippen molar-refractivity contribution in [3.63, 3.8) is 0 Å². The maximum atomic E-state index is 9.70. The van der Waals surface area contributed by atoms with Crippen LogP contribution in [0.25, 0.3) is 0 Å². The first kappa shape index (κ1) is 13.9. The normalized spacial score (nSPS) is 26.2. The first-order valence-corrected chi connectivity index (χ1v) is 6.67. The van der Waals surface area contributed by atoms with Gasteiger partial charge in [0.05, 0.1) is 6.10 Å². The zero-order chi connectivity index (χ0) is 12.0. The van der Waals surface area contributed by atoms with Gasteiger partial charge in [-0.15, -0.1) is 0 Å². The highest BCUT2D eigenvalue weighted by molar-refractivity contribution is 4.82. The minimum atomic E-state index is -0.112. The Morgan fingerprint density at radius 3 is 2.38 bits per heavy atom. The van der Waals surface area contributed by atoms with Crippen molar-refractivity contribution < 1.29 is 10.2 Å². The number of nitrogens with one attached hydrogen (secondary N) is 1. The summed E-state index contributed by atoms with van der Waals surface area (Å²) in [5.41, 5.74) is 0.0313. The van der Waals surface area contributed by atoms with Crippen LogP contribution in [-0.4, -0.2) is 36.0 Å². The lowest BCUT2D eigenvalue weighted by molar-refractivity contribution is 0.102. The summed E-state index contributed by atoms with van der Waals surface area (Å²) in [5, 5.41) is 22.6. The van der Waals surface area contributed by atoms with Crippen LogP contribution in [0.5, 0.6) is 0 Å². The van der Waals surface area contributed by atoms with Crippen LogP contribution in [0.2, 0.25) is 0 Å². The minimum Gasteiger partial charge on any atom is -0.396 e. The fraction of sp³-hybridized carbons (Fsp3) is 1.00. The van der Waals surface area contributed by atoms with Gasteiger partial charge in [0.2, 0.25) is 0 Å². The van der Waals surface area contributed by atoms with E-state index >= 15 is 0 Å². The smallest absolute Gasteiger partial charge is 0.0580 e. The SMILES string of the molecule is CCC(CC)(CO)CNCC1CCCC1O. The molecule has 0 heterocycles. The Morgan fingerprint density at radius 2 is 1.94 bits per heavy atom. The van der Waals surface area contributed by atoms with Gasteiger partial charge in [-0.05, 0) is 31.6 Å². The zero-order valence-corrected chi connectivity index (χ0v) is 10.7. The van der Waals surface area contributed by atoms with E-state index < -0.39 is 0 Å². The minimum absolute atomic E-state index is 0.0313. The van der Waals surface area contributed by atoms with Gasteiger partial charge in [0.25, 0.3) is 0 Å². The van der Waals surface area contributed by atoms with E-state index in [1.165, 1.54) is 0 Å². The predicted molar refractivity (Wildman–Crippen MR) is 66.3 cm³/mol. The molecule has 0 aromatic carbocycles. The maximum absolute atomic E-state index is 9.70. The summed E-state index contributed by atoms with van der Waals surface area (Å²) in [6.45, 7) is 6.26. The van der Waals surface area contributed by atoms with Gasteiger partial charge in [-0.3, -0.25) is 0 Å². The van der Waals surface area contributed by atoms with Crippen molar-refractivity contribution in [3.05, 3.63) is 0 Å². The molecular formula is C13H27NO2. The summed E-state index contributed by atoms with van der Waals surface area (Å²) in [4.78, 5) is 0. The van der Waals surface area contributed by atoms with Crippen LogP contribution in [0, 0.1) is 11.3 Å². The lowest BCUT2D eigenvalue weighted by atomic mass is 9.83. The van der Waals surface area contributed by atoms with E-state index in [1.807, 2.05) is 0 Å². The number of aliphatic hydroxyl groups excluding tert-OH is 2. The van der Waals surface area contributed by atoms with Gasteiger partial charge >= 0.3 is 0 Å². The molecule has 0 aromatic rings. The highest BCUT2D eigenvalue weighted by Gasteiger charge is 2.28. The molecule has 1 fully saturated rings. The fourth-order valence-electron chi connectivity index (χ4n) is 2.56. The molecule has 1 saturated carbocycles. The largest absolute Gasteiger partial charge is 0.396 e. The molecule has 1 rings (SSSR count). The first-order chi connectivity index (χ1) is 7.67. The second kappa shape index (κ2) is 6.58. The standard InChI is InChI=1S/C13H27NO2/c1-3-13(4-2,10-15)9-14-8-11-6-5-7-12(11)16/h11-12,14-16H,3-10H2,1-2H3. The third kappa shape index (κ3) is 3.44. The molecule has 2 atom stereocenters. The molecule has 2 unspecified atom stereocenters. The molecule has 3 nitrogen and oxygen atoms in total. The van der Waals surface area contributed by atoms with Crippen molar-refractivity contribution >= 4 is 0 Å². The molecule has 0 saturated heterocycles. The quantitative estimate of drug-likeness (QED) is 0.620. The Balaban J connectivity index is 2.27. The number of aliphatic hydroxyl groups is 2. The Kier molecular flexibility index (Phi) is 5.73. The summed E-state index contributed by atoms with van der Waals surface area (Å²) >= 11 is 0. The van der Waals surface area contributed by atoms with Crippen LogP contribution in [0.15, 0.2) is 0 Å². The van der Waals surface area contributed by atoms with Crippen LogP contribution in [0.1, 0.15) is 46.0 Å². The van der Waals surface area contributed by atoms with Crippen LogP contribution in [0.3, 0.4) is 0 Å². The Hall–Kier alpha value is -0.120. The molecule has 0 bridgehead atoms. The first-order valence-electron chi connectivity index (χ1n) is 6.67. The third-order valence-electron chi connectivity index (χ3n) is 4.36. The van der Waals surface area contributed by atoms with E-state index in [0.29, 0.717) is 5.92 Å². The molecule has 1 aliphatic rings. The average molecular weight is 229 g/mol. The molecule has 0 spiro atoms. The van der Waals surface area contributed by atoms with Crippen LogP contribution in [-0.2, 0) is 0 Å². The van der Waals surface area contributed by atoms with Crippen molar-refractivity contribution in [2.24, 2.45) is 11.3 Å². The van der Waals surface area contributed by atoms with Crippen molar-refractivity contribution in [1.82, 2.24) is 5.32 Å². The van der Waals surface area contributed by atoms with Gasteiger partial charge in [0, 0.05) is 25.1 Å². The third-order valence-corrected chi connectivity index (χ3v) is 4.36. The molecule has 3 heteroatoms. The summed E-state index contributed by atoms with van der Waals surface area (Å²) in [6.07, 6.45) is 5.14. The van der Waals surface area contributed by atoms with Gasteiger partial charge in [0.15, 0.2) is 0 Å². The van der Waals surface area contributed by atoms with Crippen molar-refractivity contribution in [2.45, 2.75) is 52.1 Å². The fourth-order valence-corrected chi connectivity index (χ4v) is 2.56. The van der Waals surface area contributed by atoms with E-state index in [9.17, 15) is 10.2 Å². The number of hydrogen-bond acceptors (Lipinski definition) is 3. The molecule has 3 N–H and O–H groups in total. The molecule has 1 aliphatic carbocycles. The molecule has 0 radical (unpaired) electrons. The van der Waals surface area contributed by atoms with Crippen molar-refractivity contribution in [2.75, 3.05) is 19.7 Å². The lowest BCUT2D eigenvalue weighted by Crippen LogP contribution is -2.39. The Labute approximate surface area is 99.3 Å². The summed E-state index contributed by atoms with van der Waals surface area (Å²) in [5.74, 6) is 0.421. The molecule has 96 valence electrons. The predicted octanol–water partition coefficient (Wildman–Crippen LogP) is 1.54. The van der Waals surface area contributed by atoms with E-state index in [-0.39, 0.29) is 18.1 Å². The average Bonchev–Trinajstić information content (AvgIpc) is 2.71. The van der Waals surface area contributed by atoms with Gasteiger partial charge in [-0.2, -0.15) is 0 Å². The highest BCUT2D eigenvalue weighted by Crippen LogP contribution is 2.27. The molecule has 0 amide bonds. The van der Waals surface area contributed by atoms with E-state index in [0.717, 1.165) is 45.2 Å². The summed E-state index contributed by atoms with van der Waals surface area (Å²) in [6, 6.07) is 0.